The molecule has 1 aromatic rings. The zero-order valence-corrected chi connectivity index (χ0v) is 7.28. The standard InChI is InChI=1S/C9H10N2O2/c1-9(6-11-8(12)13-9)7-4-2-3-5-10-7/h2-5H,6H2,1H3,(H,11,12). The van der Waals surface area contributed by atoms with Crippen LogP contribution in [0.4, 0.5) is 4.79 Å². The molecule has 0 radical (unpaired) electrons. The summed E-state index contributed by atoms with van der Waals surface area (Å²) in [6, 6.07) is 5.55. The second-order valence-corrected chi connectivity index (χ2v) is 3.19. The smallest absolute Gasteiger partial charge is 0.408 e. The van der Waals surface area contributed by atoms with Crippen molar-refractivity contribution in [3.8, 4) is 0 Å². The highest BCUT2D eigenvalue weighted by Crippen LogP contribution is 2.26. The first-order valence-corrected chi connectivity index (χ1v) is 4.09. The van der Waals surface area contributed by atoms with E-state index in [1.54, 1.807) is 6.20 Å². The predicted octanol–water partition coefficient (Wildman–Crippen LogP) is 1.04. The molecule has 1 aliphatic heterocycles. The molecule has 2 rings (SSSR count). The molecule has 1 saturated heterocycles. The lowest BCUT2D eigenvalue weighted by atomic mass is 10.0. The van der Waals surface area contributed by atoms with Crippen molar-refractivity contribution in [1.82, 2.24) is 10.3 Å². The fraction of sp³-hybridized carbons (Fsp3) is 0.333. The molecule has 13 heavy (non-hydrogen) atoms. The summed E-state index contributed by atoms with van der Waals surface area (Å²) >= 11 is 0. The fourth-order valence-electron chi connectivity index (χ4n) is 1.34. The van der Waals surface area contributed by atoms with Gasteiger partial charge in [0.1, 0.15) is 0 Å². The van der Waals surface area contributed by atoms with Crippen LogP contribution in [0.2, 0.25) is 0 Å². The van der Waals surface area contributed by atoms with Gasteiger partial charge in [-0.1, -0.05) is 6.07 Å². The molecule has 1 aliphatic rings. The molecule has 68 valence electrons. The van der Waals surface area contributed by atoms with Crippen LogP contribution in [0.5, 0.6) is 0 Å². The number of cyclic esters (lactones) is 1. The Labute approximate surface area is 75.9 Å². The summed E-state index contributed by atoms with van der Waals surface area (Å²) in [5.74, 6) is 0. The maximum absolute atomic E-state index is 10.9. The van der Waals surface area contributed by atoms with Gasteiger partial charge in [0.05, 0.1) is 12.2 Å². The van der Waals surface area contributed by atoms with Crippen molar-refractivity contribution < 1.29 is 9.53 Å². The minimum Gasteiger partial charge on any atom is -0.435 e. The summed E-state index contributed by atoms with van der Waals surface area (Å²) in [5, 5.41) is 2.61. The SMILES string of the molecule is CC1(c2ccccn2)CNC(=O)O1. The van der Waals surface area contributed by atoms with Gasteiger partial charge >= 0.3 is 6.09 Å². The molecular weight excluding hydrogens is 168 g/mol. The molecule has 1 aromatic heterocycles. The van der Waals surface area contributed by atoms with E-state index in [4.69, 9.17) is 4.74 Å². The van der Waals surface area contributed by atoms with Gasteiger partial charge in [-0.2, -0.15) is 0 Å². The van der Waals surface area contributed by atoms with E-state index in [-0.39, 0.29) is 6.09 Å². The summed E-state index contributed by atoms with van der Waals surface area (Å²) in [6.07, 6.45) is 1.31. The van der Waals surface area contributed by atoms with Crippen molar-refractivity contribution in [2.75, 3.05) is 6.54 Å². The summed E-state index contributed by atoms with van der Waals surface area (Å²) in [5.41, 5.74) is 0.159. The third-order valence-corrected chi connectivity index (χ3v) is 2.09. The van der Waals surface area contributed by atoms with Gasteiger partial charge in [-0.25, -0.2) is 4.79 Å². The van der Waals surface area contributed by atoms with Crippen molar-refractivity contribution in [3.63, 3.8) is 0 Å². The lowest BCUT2D eigenvalue weighted by Crippen LogP contribution is -2.27. The molecule has 2 heterocycles. The maximum atomic E-state index is 10.9. The molecule has 1 atom stereocenters. The van der Waals surface area contributed by atoms with Gasteiger partial charge in [0.15, 0.2) is 5.60 Å². The lowest BCUT2D eigenvalue weighted by molar-refractivity contribution is 0.0670. The van der Waals surface area contributed by atoms with E-state index in [0.29, 0.717) is 6.54 Å². The summed E-state index contributed by atoms with van der Waals surface area (Å²) < 4.78 is 5.12. The number of carbonyl (C=O) groups excluding carboxylic acids is 1. The zero-order chi connectivity index (χ0) is 9.31. The lowest BCUT2D eigenvalue weighted by Gasteiger charge is -2.19. The number of hydrogen-bond donors (Lipinski definition) is 1. The number of rotatable bonds is 1. The first-order valence-electron chi connectivity index (χ1n) is 4.09. The van der Waals surface area contributed by atoms with Gasteiger partial charge in [-0.15, -0.1) is 0 Å². The molecule has 1 fully saturated rings. The molecule has 4 heteroatoms. The van der Waals surface area contributed by atoms with Gasteiger partial charge in [0, 0.05) is 6.20 Å². The van der Waals surface area contributed by atoms with Crippen molar-refractivity contribution in [2.45, 2.75) is 12.5 Å². The molecule has 0 aromatic carbocycles. The zero-order valence-electron chi connectivity index (χ0n) is 7.28. The highest BCUT2D eigenvalue weighted by molar-refractivity contribution is 5.70. The molecule has 1 unspecified atom stereocenters. The number of amides is 1. The second-order valence-electron chi connectivity index (χ2n) is 3.19. The van der Waals surface area contributed by atoms with Gasteiger partial charge < -0.3 is 10.1 Å². The Hall–Kier alpha value is -1.58. The van der Waals surface area contributed by atoms with E-state index < -0.39 is 5.60 Å². The molecule has 0 bridgehead atoms. The number of nitrogens with one attached hydrogen (secondary N) is 1. The number of ether oxygens (including phenoxy) is 1. The average Bonchev–Trinajstić information content (AvgIpc) is 2.49. The second kappa shape index (κ2) is 2.73. The number of nitrogens with zero attached hydrogens (tertiary/aromatic N) is 1. The first-order chi connectivity index (χ1) is 6.21. The van der Waals surface area contributed by atoms with E-state index in [2.05, 4.69) is 10.3 Å². The number of pyridine rings is 1. The quantitative estimate of drug-likeness (QED) is 0.699. The predicted molar refractivity (Wildman–Crippen MR) is 46.1 cm³/mol. The first kappa shape index (κ1) is 8.04. The van der Waals surface area contributed by atoms with E-state index in [1.807, 2.05) is 25.1 Å². The topological polar surface area (TPSA) is 51.2 Å². The number of alkyl carbamates (subject to hydrolysis) is 1. The van der Waals surface area contributed by atoms with Crippen molar-refractivity contribution in [1.29, 1.82) is 0 Å². The van der Waals surface area contributed by atoms with Gasteiger partial charge in [-0.3, -0.25) is 4.98 Å². The summed E-state index contributed by atoms with van der Waals surface area (Å²) in [6.45, 7) is 2.32. The van der Waals surface area contributed by atoms with Crippen molar-refractivity contribution in [3.05, 3.63) is 30.1 Å². The normalized spacial score (nSPS) is 26.7. The number of hydrogen-bond acceptors (Lipinski definition) is 3. The van der Waals surface area contributed by atoms with Crippen LogP contribution in [0.15, 0.2) is 24.4 Å². The molecule has 1 amide bonds. The van der Waals surface area contributed by atoms with E-state index in [9.17, 15) is 4.79 Å². The van der Waals surface area contributed by atoms with Crippen LogP contribution in [-0.2, 0) is 10.3 Å². The Morgan fingerprint density at radius 3 is 3.00 bits per heavy atom. The van der Waals surface area contributed by atoms with Gasteiger partial charge in [0.25, 0.3) is 0 Å². The summed E-state index contributed by atoms with van der Waals surface area (Å²) in [7, 11) is 0. The van der Waals surface area contributed by atoms with Crippen LogP contribution in [0.1, 0.15) is 12.6 Å². The van der Waals surface area contributed by atoms with Crippen molar-refractivity contribution >= 4 is 6.09 Å². The average molecular weight is 178 g/mol. The minimum absolute atomic E-state index is 0.381. The highest BCUT2D eigenvalue weighted by atomic mass is 16.6. The molecule has 0 saturated carbocycles. The van der Waals surface area contributed by atoms with Gasteiger partial charge in [0.2, 0.25) is 0 Å². The van der Waals surface area contributed by atoms with Crippen LogP contribution in [0.25, 0.3) is 0 Å². The summed E-state index contributed by atoms with van der Waals surface area (Å²) in [4.78, 5) is 15.0. The highest BCUT2D eigenvalue weighted by Gasteiger charge is 2.38. The maximum Gasteiger partial charge on any atom is 0.408 e. The Bertz CT molecular complexity index is 326. The fourth-order valence-corrected chi connectivity index (χ4v) is 1.34. The van der Waals surface area contributed by atoms with Crippen LogP contribution in [-0.4, -0.2) is 17.6 Å². The molecule has 0 spiro atoms. The van der Waals surface area contributed by atoms with E-state index in [0.717, 1.165) is 5.69 Å². The number of carbonyl (C=O) groups is 1. The Morgan fingerprint density at radius 2 is 2.46 bits per heavy atom. The Balaban J connectivity index is 2.31. The van der Waals surface area contributed by atoms with E-state index >= 15 is 0 Å². The minimum atomic E-state index is -0.613. The molecule has 0 aliphatic carbocycles. The van der Waals surface area contributed by atoms with Crippen LogP contribution >= 0.6 is 0 Å². The molecule has 1 N–H and O–H groups in total. The Kier molecular flexibility index (Phi) is 1.69. The van der Waals surface area contributed by atoms with Crippen molar-refractivity contribution in [2.24, 2.45) is 0 Å². The third kappa shape index (κ3) is 1.35. The Morgan fingerprint density at radius 1 is 1.62 bits per heavy atom. The largest absolute Gasteiger partial charge is 0.435 e. The van der Waals surface area contributed by atoms with Crippen LogP contribution < -0.4 is 5.32 Å². The molecule has 4 nitrogen and oxygen atoms in total. The van der Waals surface area contributed by atoms with Gasteiger partial charge in [-0.05, 0) is 19.1 Å². The monoisotopic (exact) mass is 178 g/mol. The third-order valence-electron chi connectivity index (χ3n) is 2.09. The van der Waals surface area contributed by atoms with Crippen LogP contribution in [0.3, 0.4) is 0 Å². The van der Waals surface area contributed by atoms with E-state index in [1.165, 1.54) is 0 Å². The number of aromatic nitrogens is 1. The van der Waals surface area contributed by atoms with Crippen LogP contribution in [0, 0.1) is 0 Å². The molecular formula is C9H10N2O2.